The predicted molar refractivity (Wildman–Crippen MR) is 57.6 cm³/mol. The zero-order valence-electron chi connectivity index (χ0n) is 8.46. The molecule has 2 rings (SSSR count). The Kier molecular flexibility index (Phi) is 3.04. The summed E-state index contributed by atoms with van der Waals surface area (Å²) in [5.74, 6) is 1.09. The standard InChI is InChI=1S/C12H17NO/c13-7-2-1-3-10-4-5-11-6-8-14-12(11)9-10/h4-5,9H,1-3,6-8,13H2. The summed E-state index contributed by atoms with van der Waals surface area (Å²) in [7, 11) is 0. The van der Waals surface area contributed by atoms with Crippen molar-refractivity contribution in [2.75, 3.05) is 13.2 Å². The van der Waals surface area contributed by atoms with Gasteiger partial charge in [-0.3, -0.25) is 0 Å². The van der Waals surface area contributed by atoms with E-state index >= 15 is 0 Å². The number of hydrogen-bond donors (Lipinski definition) is 1. The Morgan fingerprint density at radius 3 is 3.07 bits per heavy atom. The zero-order valence-corrected chi connectivity index (χ0v) is 8.46. The van der Waals surface area contributed by atoms with Crippen molar-refractivity contribution in [2.24, 2.45) is 5.73 Å². The van der Waals surface area contributed by atoms with Crippen LogP contribution in [-0.2, 0) is 12.8 Å². The van der Waals surface area contributed by atoms with E-state index in [9.17, 15) is 0 Å². The maximum Gasteiger partial charge on any atom is 0.122 e. The molecule has 0 atom stereocenters. The molecule has 0 bridgehead atoms. The Morgan fingerprint density at radius 1 is 1.29 bits per heavy atom. The van der Waals surface area contributed by atoms with Crippen LogP contribution in [0, 0.1) is 0 Å². The maximum atomic E-state index is 5.52. The molecule has 0 fully saturated rings. The van der Waals surface area contributed by atoms with Crippen LogP contribution >= 0.6 is 0 Å². The number of hydrogen-bond acceptors (Lipinski definition) is 2. The highest BCUT2D eigenvalue weighted by Crippen LogP contribution is 2.26. The minimum absolute atomic E-state index is 0.793. The highest BCUT2D eigenvalue weighted by atomic mass is 16.5. The minimum atomic E-state index is 0.793. The minimum Gasteiger partial charge on any atom is -0.493 e. The second kappa shape index (κ2) is 4.47. The molecule has 2 heteroatoms. The van der Waals surface area contributed by atoms with Crippen LogP contribution < -0.4 is 10.5 Å². The zero-order chi connectivity index (χ0) is 9.80. The summed E-state index contributed by atoms with van der Waals surface area (Å²) in [5, 5.41) is 0. The Morgan fingerprint density at radius 2 is 2.21 bits per heavy atom. The van der Waals surface area contributed by atoms with E-state index in [-0.39, 0.29) is 0 Å². The molecule has 0 spiro atoms. The SMILES string of the molecule is NCCCCc1ccc2c(c1)OCC2. The van der Waals surface area contributed by atoms with Gasteiger partial charge in [0.1, 0.15) is 5.75 Å². The second-order valence-corrected chi connectivity index (χ2v) is 3.79. The highest BCUT2D eigenvalue weighted by molar-refractivity contribution is 5.40. The average Bonchev–Trinajstić information content (AvgIpc) is 2.65. The van der Waals surface area contributed by atoms with E-state index in [1.54, 1.807) is 0 Å². The van der Waals surface area contributed by atoms with Crippen molar-refractivity contribution in [1.82, 2.24) is 0 Å². The van der Waals surface area contributed by atoms with Gasteiger partial charge in [-0.1, -0.05) is 12.1 Å². The Hall–Kier alpha value is -1.02. The summed E-state index contributed by atoms with van der Waals surface area (Å²) in [6.45, 7) is 1.64. The molecule has 1 aliphatic heterocycles. The number of nitrogens with two attached hydrogens (primary N) is 1. The first-order chi connectivity index (χ1) is 6.90. The lowest BCUT2D eigenvalue weighted by Gasteiger charge is -2.03. The van der Waals surface area contributed by atoms with E-state index in [2.05, 4.69) is 18.2 Å². The van der Waals surface area contributed by atoms with Gasteiger partial charge < -0.3 is 10.5 Å². The summed E-state index contributed by atoms with van der Waals surface area (Å²) < 4.78 is 5.52. The molecular weight excluding hydrogens is 174 g/mol. The predicted octanol–water partition coefficient (Wildman–Crippen LogP) is 1.90. The Labute approximate surface area is 85.1 Å². The Bertz CT molecular complexity index is 309. The van der Waals surface area contributed by atoms with E-state index in [0.717, 1.165) is 38.2 Å². The van der Waals surface area contributed by atoms with E-state index in [0.29, 0.717) is 0 Å². The monoisotopic (exact) mass is 191 g/mol. The number of fused-ring (bicyclic) bond motifs is 1. The first-order valence-electron chi connectivity index (χ1n) is 5.35. The van der Waals surface area contributed by atoms with Crippen molar-refractivity contribution in [1.29, 1.82) is 0 Å². The Balaban J connectivity index is 1.98. The van der Waals surface area contributed by atoms with Gasteiger partial charge >= 0.3 is 0 Å². The van der Waals surface area contributed by atoms with Crippen molar-refractivity contribution in [3.05, 3.63) is 29.3 Å². The van der Waals surface area contributed by atoms with Gasteiger partial charge in [-0.15, -0.1) is 0 Å². The maximum absolute atomic E-state index is 5.52. The van der Waals surface area contributed by atoms with E-state index in [1.807, 2.05) is 0 Å². The van der Waals surface area contributed by atoms with E-state index < -0.39 is 0 Å². The summed E-state index contributed by atoms with van der Waals surface area (Å²) in [4.78, 5) is 0. The first kappa shape index (κ1) is 9.53. The van der Waals surface area contributed by atoms with Crippen molar-refractivity contribution in [3.8, 4) is 5.75 Å². The van der Waals surface area contributed by atoms with Crippen LogP contribution in [0.2, 0.25) is 0 Å². The molecule has 0 radical (unpaired) electrons. The quantitative estimate of drug-likeness (QED) is 0.738. The molecule has 0 aliphatic carbocycles. The lowest BCUT2D eigenvalue weighted by Crippen LogP contribution is -1.99. The summed E-state index contributed by atoms with van der Waals surface area (Å²) in [5.41, 5.74) is 8.19. The molecule has 1 aliphatic rings. The molecular formula is C12H17NO. The molecule has 0 amide bonds. The number of unbranched alkanes of at least 4 members (excludes halogenated alkanes) is 1. The van der Waals surface area contributed by atoms with Gasteiger partial charge in [0, 0.05) is 6.42 Å². The first-order valence-corrected chi connectivity index (χ1v) is 5.35. The van der Waals surface area contributed by atoms with Crippen molar-refractivity contribution < 1.29 is 4.74 Å². The van der Waals surface area contributed by atoms with Crippen molar-refractivity contribution in [2.45, 2.75) is 25.7 Å². The molecule has 14 heavy (non-hydrogen) atoms. The molecule has 2 nitrogen and oxygen atoms in total. The molecule has 1 heterocycles. The number of ether oxygens (including phenoxy) is 1. The summed E-state index contributed by atoms with van der Waals surface area (Å²) in [6.07, 6.45) is 4.47. The van der Waals surface area contributed by atoms with Gasteiger partial charge in [0.15, 0.2) is 0 Å². The van der Waals surface area contributed by atoms with Crippen LogP contribution in [0.1, 0.15) is 24.0 Å². The van der Waals surface area contributed by atoms with E-state index in [4.69, 9.17) is 10.5 Å². The van der Waals surface area contributed by atoms with Crippen LogP contribution in [0.15, 0.2) is 18.2 Å². The van der Waals surface area contributed by atoms with Crippen LogP contribution in [-0.4, -0.2) is 13.2 Å². The fourth-order valence-electron chi connectivity index (χ4n) is 1.84. The van der Waals surface area contributed by atoms with Crippen LogP contribution in [0.3, 0.4) is 0 Å². The van der Waals surface area contributed by atoms with Gasteiger partial charge in [0.05, 0.1) is 6.61 Å². The highest BCUT2D eigenvalue weighted by Gasteiger charge is 2.11. The van der Waals surface area contributed by atoms with Gasteiger partial charge in [-0.2, -0.15) is 0 Å². The lowest BCUT2D eigenvalue weighted by molar-refractivity contribution is 0.356. The van der Waals surface area contributed by atoms with Crippen LogP contribution in [0.25, 0.3) is 0 Å². The summed E-state index contributed by atoms with van der Waals surface area (Å²) in [6, 6.07) is 6.59. The molecule has 1 aromatic carbocycles. The number of benzene rings is 1. The molecule has 0 unspecified atom stereocenters. The van der Waals surface area contributed by atoms with Gasteiger partial charge in [0.2, 0.25) is 0 Å². The van der Waals surface area contributed by atoms with Crippen LogP contribution in [0.4, 0.5) is 0 Å². The molecule has 1 aromatic rings. The average molecular weight is 191 g/mol. The van der Waals surface area contributed by atoms with Crippen LogP contribution in [0.5, 0.6) is 5.75 Å². The largest absolute Gasteiger partial charge is 0.493 e. The van der Waals surface area contributed by atoms with Crippen molar-refractivity contribution in [3.63, 3.8) is 0 Å². The third-order valence-corrected chi connectivity index (χ3v) is 2.68. The van der Waals surface area contributed by atoms with Gasteiger partial charge in [-0.05, 0) is 43.0 Å². The molecule has 0 aromatic heterocycles. The molecule has 76 valence electrons. The molecule has 2 N–H and O–H groups in total. The number of rotatable bonds is 4. The third kappa shape index (κ3) is 2.07. The number of aryl methyl sites for hydroxylation is 1. The van der Waals surface area contributed by atoms with Crippen molar-refractivity contribution >= 4 is 0 Å². The van der Waals surface area contributed by atoms with E-state index in [1.165, 1.54) is 17.5 Å². The fourth-order valence-corrected chi connectivity index (χ4v) is 1.84. The molecule has 0 saturated heterocycles. The fraction of sp³-hybridized carbons (Fsp3) is 0.500. The second-order valence-electron chi connectivity index (χ2n) is 3.79. The third-order valence-electron chi connectivity index (χ3n) is 2.68. The lowest BCUT2D eigenvalue weighted by atomic mass is 10.0. The topological polar surface area (TPSA) is 35.2 Å². The molecule has 0 saturated carbocycles. The smallest absolute Gasteiger partial charge is 0.122 e. The van der Waals surface area contributed by atoms with Gasteiger partial charge in [-0.25, -0.2) is 0 Å². The normalized spacial score (nSPS) is 13.8. The summed E-state index contributed by atoms with van der Waals surface area (Å²) >= 11 is 0. The van der Waals surface area contributed by atoms with Gasteiger partial charge in [0.25, 0.3) is 0 Å².